The maximum Gasteiger partial charge on any atom is 0.416 e. The second kappa shape index (κ2) is 13.3. The summed E-state index contributed by atoms with van der Waals surface area (Å²) in [6.07, 6.45) is -8.87. The van der Waals surface area contributed by atoms with Crippen LogP contribution in [0.15, 0.2) is 95.2 Å². The van der Waals surface area contributed by atoms with Crippen LogP contribution in [0.4, 0.5) is 32.0 Å². The predicted molar refractivity (Wildman–Crippen MR) is 157 cm³/mol. The number of halogens is 7. The van der Waals surface area contributed by atoms with Gasteiger partial charge in [-0.2, -0.15) is 31.4 Å². The first-order chi connectivity index (χ1) is 21.2. The Morgan fingerprint density at radius 3 is 2.02 bits per heavy atom. The maximum absolute atomic E-state index is 13.9. The van der Waals surface area contributed by atoms with E-state index in [0.717, 1.165) is 0 Å². The molecule has 45 heavy (non-hydrogen) atoms. The van der Waals surface area contributed by atoms with E-state index in [1.165, 1.54) is 31.3 Å². The van der Waals surface area contributed by atoms with Crippen molar-refractivity contribution < 1.29 is 35.9 Å². The van der Waals surface area contributed by atoms with E-state index in [-0.39, 0.29) is 45.0 Å². The Hall–Kier alpha value is -5.04. The topological polar surface area (TPSA) is 110 Å². The zero-order chi connectivity index (χ0) is 32.9. The molecule has 0 unspecified atom stereocenters. The Kier molecular flexibility index (Phi) is 9.72. The number of nitrogens with two attached hydrogens (primary N) is 1. The summed E-state index contributed by atoms with van der Waals surface area (Å²) in [6, 6.07) is 16.5. The highest BCUT2D eigenvalue weighted by molar-refractivity contribution is 6.54. The van der Waals surface area contributed by atoms with Crippen molar-refractivity contribution >= 4 is 40.4 Å². The number of hydrogen-bond acceptors (Lipinski definition) is 6. The maximum atomic E-state index is 13.9. The summed E-state index contributed by atoms with van der Waals surface area (Å²) in [5.41, 5.74) is -3.79. The molecule has 1 amide bonds. The summed E-state index contributed by atoms with van der Waals surface area (Å²) >= 11 is 6.29. The number of ketones is 1. The number of alkyl halides is 6. The molecule has 4 rings (SSSR count). The molecule has 0 saturated heterocycles. The Morgan fingerprint density at radius 2 is 1.47 bits per heavy atom. The van der Waals surface area contributed by atoms with Crippen molar-refractivity contribution in [1.29, 1.82) is 0 Å². The molecule has 3 aromatic carbocycles. The lowest BCUT2D eigenvalue weighted by Crippen LogP contribution is -2.25. The minimum absolute atomic E-state index is 0.0127. The van der Waals surface area contributed by atoms with Gasteiger partial charge in [0.1, 0.15) is 11.4 Å². The number of carbonyl (C=O) groups is 2. The lowest BCUT2D eigenvalue weighted by molar-refractivity contribution is -0.143. The number of pyridine rings is 1. The number of amides is 1. The van der Waals surface area contributed by atoms with Crippen LogP contribution >= 0.6 is 11.6 Å². The number of aliphatic imine (C=N–C) groups is 1. The molecule has 232 valence electrons. The fraction of sp³-hybridized carbons (Fsp3) is 0.129. The van der Waals surface area contributed by atoms with E-state index in [9.17, 15) is 35.9 Å². The van der Waals surface area contributed by atoms with Crippen LogP contribution in [-0.4, -0.2) is 28.1 Å². The van der Waals surface area contributed by atoms with Gasteiger partial charge in [-0.05, 0) is 42.0 Å². The van der Waals surface area contributed by atoms with Crippen molar-refractivity contribution in [3.8, 4) is 0 Å². The van der Waals surface area contributed by atoms with Gasteiger partial charge in [0.25, 0.3) is 0 Å². The highest BCUT2D eigenvalue weighted by Gasteiger charge is 2.37. The number of benzene rings is 3. The molecule has 3 N–H and O–H groups in total. The lowest BCUT2D eigenvalue weighted by Gasteiger charge is -2.17. The highest BCUT2D eigenvalue weighted by Crippen LogP contribution is 2.36. The number of hydrazone groups is 1. The van der Waals surface area contributed by atoms with Crippen molar-refractivity contribution in [2.75, 3.05) is 5.32 Å². The van der Waals surface area contributed by atoms with E-state index in [2.05, 4.69) is 20.4 Å². The van der Waals surface area contributed by atoms with Gasteiger partial charge in [-0.15, -0.1) is 0 Å². The first kappa shape index (κ1) is 32.9. The van der Waals surface area contributed by atoms with Crippen molar-refractivity contribution in [3.05, 3.63) is 129 Å². The second-order valence-electron chi connectivity index (χ2n) is 9.49. The zero-order valence-electron chi connectivity index (χ0n) is 23.2. The largest absolute Gasteiger partial charge is 0.416 e. The number of rotatable bonds is 8. The fourth-order valence-corrected chi connectivity index (χ4v) is 4.58. The van der Waals surface area contributed by atoms with Crippen molar-refractivity contribution in [2.24, 2.45) is 15.9 Å². The van der Waals surface area contributed by atoms with Crippen molar-refractivity contribution in [2.45, 2.75) is 25.8 Å². The number of carbonyl (C=O) groups excluding carboxylic acids is 2. The van der Waals surface area contributed by atoms with Gasteiger partial charge in [0.05, 0.1) is 39.7 Å². The van der Waals surface area contributed by atoms with Crippen LogP contribution in [0.2, 0.25) is 5.02 Å². The molecule has 7 nitrogen and oxygen atoms in total. The molecule has 0 atom stereocenters. The van der Waals surface area contributed by atoms with Gasteiger partial charge >= 0.3 is 12.4 Å². The molecular weight excluding hydrogens is 624 g/mol. The Labute approximate surface area is 257 Å². The van der Waals surface area contributed by atoms with E-state index >= 15 is 0 Å². The fourth-order valence-electron chi connectivity index (χ4n) is 4.36. The Balaban J connectivity index is 1.94. The molecular formula is C31H22ClF6N5O2. The number of hydrogen-bond donors (Lipinski definition) is 2. The minimum atomic E-state index is -5.06. The lowest BCUT2D eigenvalue weighted by atomic mass is 9.94. The molecule has 0 radical (unpaired) electrons. The van der Waals surface area contributed by atoms with Gasteiger partial charge in [-0.1, -0.05) is 54.1 Å². The molecule has 0 saturated carbocycles. The molecule has 0 bridgehead atoms. The van der Waals surface area contributed by atoms with Gasteiger partial charge in [0, 0.05) is 24.2 Å². The molecule has 14 heteroatoms. The number of nitrogens with zero attached hydrogens (tertiary/aromatic N) is 3. The summed E-state index contributed by atoms with van der Waals surface area (Å²) < 4.78 is 81.0. The number of aromatic nitrogens is 1. The van der Waals surface area contributed by atoms with Crippen molar-refractivity contribution in [1.82, 2.24) is 4.98 Å². The third-order valence-corrected chi connectivity index (χ3v) is 6.63. The van der Waals surface area contributed by atoms with Crippen molar-refractivity contribution in [3.63, 3.8) is 0 Å². The molecule has 4 aromatic rings. The molecule has 0 aliphatic carbocycles. The summed E-state index contributed by atoms with van der Waals surface area (Å²) in [4.78, 5) is 34.6. The van der Waals surface area contributed by atoms with Gasteiger partial charge in [0.15, 0.2) is 5.78 Å². The minimum Gasteiger partial charge on any atom is -0.326 e. The normalized spacial score (nSPS) is 12.6. The van der Waals surface area contributed by atoms with E-state index in [1.807, 2.05) is 0 Å². The van der Waals surface area contributed by atoms with Gasteiger partial charge in [0.2, 0.25) is 5.91 Å². The first-order valence-corrected chi connectivity index (χ1v) is 13.3. The Bertz CT molecular complexity index is 1770. The van der Waals surface area contributed by atoms with Crippen LogP contribution in [0.25, 0.3) is 0 Å². The highest BCUT2D eigenvalue weighted by atomic mass is 35.5. The summed E-state index contributed by atoms with van der Waals surface area (Å²) in [5, 5.41) is 6.44. The van der Waals surface area contributed by atoms with Crippen LogP contribution in [0.3, 0.4) is 0 Å². The van der Waals surface area contributed by atoms with E-state index < -0.39 is 47.3 Å². The molecule has 0 fully saturated rings. The van der Waals surface area contributed by atoms with Gasteiger partial charge in [-0.25, -0.2) is 0 Å². The van der Waals surface area contributed by atoms with Gasteiger partial charge in [-0.3, -0.25) is 19.6 Å². The smallest absolute Gasteiger partial charge is 0.326 e. The average molecular weight is 646 g/mol. The average Bonchev–Trinajstić information content (AvgIpc) is 2.98. The van der Waals surface area contributed by atoms with Crippen LogP contribution < -0.4 is 11.2 Å². The zero-order valence-corrected chi connectivity index (χ0v) is 23.9. The third-order valence-electron chi connectivity index (χ3n) is 6.30. The molecule has 1 heterocycles. The van der Waals surface area contributed by atoms with E-state index in [1.54, 1.807) is 42.5 Å². The van der Waals surface area contributed by atoms with E-state index in [0.29, 0.717) is 17.7 Å². The monoisotopic (exact) mass is 645 g/mol. The molecule has 0 spiro atoms. The predicted octanol–water partition coefficient (Wildman–Crippen LogP) is 7.31. The summed E-state index contributed by atoms with van der Waals surface area (Å²) in [7, 11) is 0. The number of anilines is 1. The van der Waals surface area contributed by atoms with E-state index in [4.69, 9.17) is 17.4 Å². The van der Waals surface area contributed by atoms with Crippen LogP contribution in [0, 0.1) is 0 Å². The molecule has 1 aromatic heterocycles. The standard InChI is InChI=1S/C31H22ClF6N5O2/c1-17(44)42-24-11-12-40-27(25(24)29(45)22-9-5-6-10-23(22)32)28(43-39)26(19-7-3-2-4-8-19)41-16-18-13-20(30(33,34)35)15-21(14-18)31(36,37)38/h2-15H,16,39H2,1H3,(H,40,42,44). The Morgan fingerprint density at radius 1 is 0.867 bits per heavy atom. The summed E-state index contributed by atoms with van der Waals surface area (Å²) in [5.74, 6) is 4.59. The SMILES string of the molecule is CC(=O)Nc1ccnc(C(=NN)C(=NCc2cc(C(F)(F)F)cc(C(F)(F)F)c2)c2ccccc2)c1C(=O)c1ccccc1Cl. The van der Waals surface area contributed by atoms with Crippen LogP contribution in [0.5, 0.6) is 0 Å². The summed E-state index contributed by atoms with van der Waals surface area (Å²) in [6.45, 7) is 0.540. The van der Waals surface area contributed by atoms with Crippen LogP contribution in [0.1, 0.15) is 50.8 Å². The first-order valence-electron chi connectivity index (χ1n) is 12.9. The quantitative estimate of drug-likeness (QED) is 0.0688. The second-order valence-corrected chi connectivity index (χ2v) is 9.90. The molecule has 0 aliphatic rings. The number of nitrogens with one attached hydrogen (secondary N) is 1. The molecule has 0 aliphatic heterocycles. The van der Waals surface area contributed by atoms with Crippen LogP contribution in [-0.2, 0) is 23.7 Å². The van der Waals surface area contributed by atoms with Gasteiger partial charge < -0.3 is 11.2 Å². The third kappa shape index (κ3) is 7.73.